The molecule has 0 aromatic heterocycles. The number of halogens is 1. The average molecular weight is 418 g/mol. The van der Waals surface area contributed by atoms with Crippen LogP contribution >= 0.6 is 23.4 Å². The molecule has 1 unspecified atom stereocenters. The van der Waals surface area contributed by atoms with Crippen molar-refractivity contribution in [1.29, 1.82) is 0 Å². The van der Waals surface area contributed by atoms with E-state index in [1.54, 1.807) is 34.9 Å². The van der Waals surface area contributed by atoms with Crippen LogP contribution in [0.2, 0.25) is 5.02 Å². The summed E-state index contributed by atoms with van der Waals surface area (Å²) in [5.74, 6) is -1.00. The van der Waals surface area contributed by atoms with Crippen LogP contribution in [0.15, 0.2) is 47.4 Å². The van der Waals surface area contributed by atoms with E-state index in [1.165, 1.54) is 6.92 Å². The monoisotopic (exact) mass is 417 g/mol. The number of hydrogen-bond donors (Lipinski definition) is 2. The van der Waals surface area contributed by atoms with Crippen molar-refractivity contribution in [2.24, 2.45) is 5.92 Å². The summed E-state index contributed by atoms with van der Waals surface area (Å²) in [6.45, 7) is 1.73. The first-order valence-corrected chi connectivity index (χ1v) is 10.3. The number of carbonyl (C=O) groups is 3. The second kappa shape index (κ2) is 8.67. The van der Waals surface area contributed by atoms with Gasteiger partial charge < -0.3 is 15.5 Å². The molecule has 1 aliphatic rings. The van der Waals surface area contributed by atoms with Gasteiger partial charge in [0.25, 0.3) is 0 Å². The fraction of sp³-hybridized carbons (Fsp3) is 0.250. The molecule has 6 nitrogen and oxygen atoms in total. The Bertz CT molecular complexity index is 917. The van der Waals surface area contributed by atoms with Gasteiger partial charge in [0.2, 0.25) is 17.7 Å². The summed E-state index contributed by atoms with van der Waals surface area (Å²) in [6.07, 6.45) is 2.14. The SMILES string of the molecule is CSc1ccc(N2CC(C(=O)Nc3ccc(NC(C)=O)cc3Cl)CC2=O)cc1. The third-order valence-corrected chi connectivity index (χ3v) is 5.48. The summed E-state index contributed by atoms with van der Waals surface area (Å²) >= 11 is 7.83. The van der Waals surface area contributed by atoms with Crippen molar-refractivity contribution in [3.8, 4) is 0 Å². The van der Waals surface area contributed by atoms with E-state index in [-0.39, 0.29) is 24.1 Å². The second-order valence-corrected chi connectivity index (χ2v) is 7.76. The first-order valence-electron chi connectivity index (χ1n) is 8.70. The number of nitrogens with one attached hydrogen (secondary N) is 2. The Balaban J connectivity index is 1.66. The summed E-state index contributed by atoms with van der Waals surface area (Å²) in [6, 6.07) is 12.5. The highest BCUT2D eigenvalue weighted by atomic mass is 35.5. The van der Waals surface area contributed by atoms with Crippen molar-refractivity contribution in [1.82, 2.24) is 0 Å². The molecule has 2 aromatic rings. The zero-order valence-electron chi connectivity index (χ0n) is 15.5. The predicted octanol–water partition coefficient (Wildman–Crippen LogP) is 4.01. The largest absolute Gasteiger partial charge is 0.326 e. The molecule has 1 atom stereocenters. The molecule has 1 saturated heterocycles. The van der Waals surface area contributed by atoms with Crippen molar-refractivity contribution in [2.45, 2.75) is 18.2 Å². The number of anilines is 3. The quantitative estimate of drug-likeness (QED) is 0.720. The fourth-order valence-corrected chi connectivity index (χ4v) is 3.66. The van der Waals surface area contributed by atoms with E-state index in [4.69, 9.17) is 11.6 Å². The summed E-state index contributed by atoms with van der Waals surface area (Å²) in [4.78, 5) is 38.9. The summed E-state index contributed by atoms with van der Waals surface area (Å²) in [7, 11) is 0. The molecular formula is C20H20ClN3O3S. The Kier molecular flexibility index (Phi) is 6.26. The van der Waals surface area contributed by atoms with E-state index < -0.39 is 5.92 Å². The molecule has 2 aromatic carbocycles. The van der Waals surface area contributed by atoms with Crippen LogP contribution in [0.25, 0.3) is 0 Å². The maximum atomic E-state index is 12.6. The van der Waals surface area contributed by atoms with Gasteiger partial charge in [0.15, 0.2) is 0 Å². The van der Waals surface area contributed by atoms with Crippen LogP contribution in [0.4, 0.5) is 17.1 Å². The minimum absolute atomic E-state index is 0.0795. The summed E-state index contributed by atoms with van der Waals surface area (Å²) < 4.78 is 0. The standard InChI is InChI=1S/C20H20ClN3O3S/c1-12(25)22-14-3-8-18(17(21)10-14)23-20(27)13-9-19(26)24(11-13)15-4-6-16(28-2)7-5-15/h3-8,10,13H,9,11H2,1-2H3,(H,22,25)(H,23,27). The van der Waals surface area contributed by atoms with Gasteiger partial charge in [-0.05, 0) is 48.7 Å². The molecule has 0 aliphatic carbocycles. The first kappa shape index (κ1) is 20.2. The Morgan fingerprint density at radius 2 is 1.86 bits per heavy atom. The average Bonchev–Trinajstić information content (AvgIpc) is 3.05. The van der Waals surface area contributed by atoms with E-state index in [9.17, 15) is 14.4 Å². The molecule has 0 saturated carbocycles. The number of amides is 3. The zero-order chi connectivity index (χ0) is 20.3. The van der Waals surface area contributed by atoms with Gasteiger partial charge in [-0.15, -0.1) is 11.8 Å². The molecular weight excluding hydrogens is 398 g/mol. The number of thioether (sulfide) groups is 1. The highest BCUT2D eigenvalue weighted by molar-refractivity contribution is 7.98. The van der Waals surface area contributed by atoms with Crippen molar-refractivity contribution in [3.05, 3.63) is 47.5 Å². The Labute approximate surface area is 172 Å². The lowest BCUT2D eigenvalue weighted by molar-refractivity contribution is -0.122. The lowest BCUT2D eigenvalue weighted by atomic mass is 10.1. The Hall–Kier alpha value is -2.51. The van der Waals surface area contributed by atoms with Crippen LogP contribution in [0.1, 0.15) is 13.3 Å². The molecule has 0 bridgehead atoms. The van der Waals surface area contributed by atoms with Gasteiger partial charge in [0.1, 0.15) is 0 Å². The van der Waals surface area contributed by atoms with E-state index in [0.29, 0.717) is 22.9 Å². The van der Waals surface area contributed by atoms with Crippen LogP contribution in [-0.2, 0) is 14.4 Å². The maximum Gasteiger partial charge on any atom is 0.229 e. The summed E-state index contributed by atoms with van der Waals surface area (Å²) in [5.41, 5.74) is 1.78. The molecule has 146 valence electrons. The predicted molar refractivity (Wildman–Crippen MR) is 113 cm³/mol. The Morgan fingerprint density at radius 3 is 2.46 bits per heavy atom. The van der Waals surface area contributed by atoms with Crippen LogP contribution in [0.3, 0.4) is 0 Å². The van der Waals surface area contributed by atoms with Crippen molar-refractivity contribution >= 4 is 58.1 Å². The van der Waals surface area contributed by atoms with Crippen molar-refractivity contribution in [3.63, 3.8) is 0 Å². The molecule has 1 heterocycles. The van der Waals surface area contributed by atoms with Gasteiger partial charge in [-0.1, -0.05) is 11.6 Å². The van der Waals surface area contributed by atoms with E-state index >= 15 is 0 Å². The van der Waals surface area contributed by atoms with Crippen molar-refractivity contribution in [2.75, 3.05) is 28.3 Å². The number of hydrogen-bond acceptors (Lipinski definition) is 4. The van der Waals surface area contributed by atoms with Gasteiger partial charge in [-0.2, -0.15) is 0 Å². The van der Waals surface area contributed by atoms with Crippen LogP contribution in [0, 0.1) is 5.92 Å². The third-order valence-electron chi connectivity index (χ3n) is 4.43. The molecule has 2 N–H and O–H groups in total. The third kappa shape index (κ3) is 4.66. The molecule has 1 fully saturated rings. The van der Waals surface area contributed by atoms with Gasteiger partial charge in [0.05, 0.1) is 16.6 Å². The normalized spacial score (nSPS) is 16.2. The number of benzene rings is 2. The molecule has 0 radical (unpaired) electrons. The lowest BCUT2D eigenvalue weighted by Gasteiger charge is -2.17. The second-order valence-electron chi connectivity index (χ2n) is 6.47. The van der Waals surface area contributed by atoms with Crippen LogP contribution in [-0.4, -0.2) is 30.5 Å². The molecule has 1 aliphatic heterocycles. The highest BCUT2D eigenvalue weighted by Gasteiger charge is 2.35. The number of rotatable bonds is 5. The highest BCUT2D eigenvalue weighted by Crippen LogP contribution is 2.30. The fourth-order valence-electron chi connectivity index (χ4n) is 3.03. The van der Waals surface area contributed by atoms with E-state index in [0.717, 1.165) is 10.6 Å². The number of carbonyl (C=O) groups excluding carboxylic acids is 3. The van der Waals surface area contributed by atoms with E-state index in [2.05, 4.69) is 10.6 Å². The van der Waals surface area contributed by atoms with Crippen LogP contribution < -0.4 is 15.5 Å². The molecule has 8 heteroatoms. The van der Waals surface area contributed by atoms with Gasteiger partial charge in [-0.25, -0.2) is 0 Å². The minimum atomic E-state index is -0.459. The topological polar surface area (TPSA) is 78.5 Å². The minimum Gasteiger partial charge on any atom is -0.326 e. The first-order chi connectivity index (χ1) is 13.4. The lowest BCUT2D eigenvalue weighted by Crippen LogP contribution is -2.28. The Morgan fingerprint density at radius 1 is 1.14 bits per heavy atom. The van der Waals surface area contributed by atoms with E-state index in [1.807, 2.05) is 30.5 Å². The molecule has 0 spiro atoms. The smallest absolute Gasteiger partial charge is 0.229 e. The number of nitrogens with zero attached hydrogens (tertiary/aromatic N) is 1. The molecule has 3 rings (SSSR count). The maximum absolute atomic E-state index is 12.6. The van der Waals surface area contributed by atoms with Gasteiger partial charge in [-0.3, -0.25) is 14.4 Å². The van der Waals surface area contributed by atoms with Gasteiger partial charge >= 0.3 is 0 Å². The molecule has 3 amide bonds. The molecule has 28 heavy (non-hydrogen) atoms. The summed E-state index contributed by atoms with van der Waals surface area (Å²) in [5, 5.41) is 5.72. The zero-order valence-corrected chi connectivity index (χ0v) is 17.1. The van der Waals surface area contributed by atoms with Gasteiger partial charge in [0, 0.05) is 36.2 Å². The van der Waals surface area contributed by atoms with Crippen LogP contribution in [0.5, 0.6) is 0 Å². The van der Waals surface area contributed by atoms with Crippen molar-refractivity contribution < 1.29 is 14.4 Å².